The van der Waals surface area contributed by atoms with Crippen molar-refractivity contribution in [1.29, 1.82) is 0 Å². The summed E-state index contributed by atoms with van der Waals surface area (Å²) >= 11 is 0. The molecule has 0 bridgehead atoms. The number of unbranched alkanes of at least 4 members (excludes halogenated alkanes) is 3. The third kappa shape index (κ3) is 11.4. The molecule has 3 N–H and O–H groups in total. The molecule has 4 aliphatic heterocycles. The number of pyridine rings is 2. The Morgan fingerprint density at radius 1 is 0.750 bits per heavy atom. The van der Waals surface area contributed by atoms with Crippen molar-refractivity contribution >= 4 is 23.6 Å². The average Bonchev–Trinajstić information content (AvgIpc) is 3.77. The van der Waals surface area contributed by atoms with Crippen molar-refractivity contribution in [2.45, 2.75) is 114 Å². The number of nitrogens with zero attached hydrogens (tertiary/aromatic N) is 4. The Labute approximate surface area is 378 Å². The topological polar surface area (TPSA) is 148 Å². The summed E-state index contributed by atoms with van der Waals surface area (Å²) < 4.78 is 24.6. The van der Waals surface area contributed by atoms with E-state index in [9.17, 15) is 14.7 Å². The van der Waals surface area contributed by atoms with E-state index in [1.54, 1.807) is 7.11 Å². The lowest BCUT2D eigenvalue weighted by Crippen LogP contribution is -2.55. The molecule has 2 fully saturated rings. The van der Waals surface area contributed by atoms with Crippen LogP contribution in [0.15, 0.2) is 72.8 Å². The number of anilines is 2. The summed E-state index contributed by atoms with van der Waals surface area (Å²) in [6.45, 7) is 7.49. The van der Waals surface area contributed by atoms with E-state index in [4.69, 9.17) is 28.9 Å². The number of nitrogens with one attached hydrogen (secondary N) is 2. The Morgan fingerprint density at radius 3 is 2.19 bits per heavy atom. The van der Waals surface area contributed by atoms with Gasteiger partial charge in [0.2, 0.25) is 0 Å². The van der Waals surface area contributed by atoms with Gasteiger partial charge in [0, 0.05) is 69.3 Å². The van der Waals surface area contributed by atoms with Crippen molar-refractivity contribution in [2.75, 3.05) is 70.2 Å². The van der Waals surface area contributed by atoms with Gasteiger partial charge in [-0.15, -0.1) is 0 Å². The van der Waals surface area contributed by atoms with E-state index in [0.29, 0.717) is 51.6 Å². The molecule has 2 aromatic heterocycles. The molecular weight excluding hydrogens is 809 g/mol. The number of carboxylic acid groups (broad SMARTS) is 1. The van der Waals surface area contributed by atoms with E-state index in [1.165, 1.54) is 12.0 Å². The smallest absolute Gasteiger partial charge is 0.328 e. The molecule has 8 rings (SSSR count). The van der Waals surface area contributed by atoms with E-state index in [-0.39, 0.29) is 24.3 Å². The first-order chi connectivity index (χ1) is 31.4. The van der Waals surface area contributed by atoms with Gasteiger partial charge in [0.05, 0.1) is 25.9 Å². The summed E-state index contributed by atoms with van der Waals surface area (Å²) in [5, 5.41) is 16.9. The maximum atomic E-state index is 14.2. The molecule has 0 spiro atoms. The maximum absolute atomic E-state index is 14.2. The largest absolute Gasteiger partial charge is 0.496 e. The van der Waals surface area contributed by atoms with Crippen molar-refractivity contribution in [3.8, 4) is 5.75 Å². The SMILES string of the molecule is CCc1ccccc1[C@H](C(=O)O)N1CC(OCCCCc2ccc3c(n2)NCC(OC(=O)C(c2ccccc2OC)N2CC[C@@H](OCCCCCc4ccc5c(n4)NCCC5)C2)C3)C1. The Bertz CT molecular complexity index is 2180. The Morgan fingerprint density at radius 2 is 1.42 bits per heavy atom. The van der Waals surface area contributed by atoms with Crippen LogP contribution in [-0.2, 0) is 55.9 Å². The van der Waals surface area contributed by atoms with E-state index < -0.39 is 18.1 Å². The van der Waals surface area contributed by atoms with Crippen LogP contribution in [0, 0.1) is 0 Å². The van der Waals surface area contributed by atoms with Crippen LogP contribution in [0.2, 0.25) is 0 Å². The molecule has 6 heterocycles. The van der Waals surface area contributed by atoms with Crippen LogP contribution in [0.25, 0.3) is 0 Å². The van der Waals surface area contributed by atoms with Crippen molar-refractivity contribution in [3.63, 3.8) is 0 Å². The number of rotatable bonds is 22. The number of carbonyl (C=O) groups is 2. The zero-order valence-electron chi connectivity index (χ0n) is 37.6. The summed E-state index contributed by atoms with van der Waals surface area (Å²) in [5.74, 6) is 1.48. The minimum absolute atomic E-state index is 0.0489. The fourth-order valence-corrected chi connectivity index (χ4v) is 9.71. The van der Waals surface area contributed by atoms with E-state index >= 15 is 0 Å². The number of esters is 1. The van der Waals surface area contributed by atoms with Gasteiger partial charge in [-0.2, -0.15) is 0 Å². The van der Waals surface area contributed by atoms with Crippen LogP contribution in [0.1, 0.15) is 103 Å². The van der Waals surface area contributed by atoms with Crippen molar-refractivity contribution < 1.29 is 33.6 Å². The van der Waals surface area contributed by atoms with Crippen molar-refractivity contribution in [1.82, 2.24) is 19.8 Å². The van der Waals surface area contributed by atoms with Gasteiger partial charge in [0.25, 0.3) is 0 Å². The quantitative estimate of drug-likeness (QED) is 0.0534. The van der Waals surface area contributed by atoms with Gasteiger partial charge in [-0.25, -0.2) is 14.8 Å². The molecule has 13 nitrogen and oxygen atoms in total. The van der Waals surface area contributed by atoms with Crippen LogP contribution in [-0.4, -0.2) is 115 Å². The lowest BCUT2D eigenvalue weighted by Gasteiger charge is -2.42. The number of carbonyl (C=O) groups excluding carboxylic acids is 1. The summed E-state index contributed by atoms with van der Waals surface area (Å²) in [7, 11) is 1.64. The highest BCUT2D eigenvalue weighted by Gasteiger charge is 2.39. The molecule has 0 amide bonds. The second-order valence-electron chi connectivity index (χ2n) is 17.7. The van der Waals surface area contributed by atoms with Crippen LogP contribution >= 0.6 is 0 Å². The number of aliphatic carboxylic acids is 1. The maximum Gasteiger partial charge on any atom is 0.328 e. The molecule has 0 radical (unpaired) electrons. The highest BCUT2D eigenvalue weighted by atomic mass is 16.5. The molecule has 2 aromatic carbocycles. The predicted molar refractivity (Wildman–Crippen MR) is 247 cm³/mol. The summed E-state index contributed by atoms with van der Waals surface area (Å²) in [6, 6.07) is 22.9. The number of hydrogen-bond donors (Lipinski definition) is 3. The number of methoxy groups -OCH3 is 1. The van der Waals surface area contributed by atoms with Gasteiger partial charge < -0.3 is 34.7 Å². The third-order valence-electron chi connectivity index (χ3n) is 13.2. The van der Waals surface area contributed by atoms with Crippen LogP contribution in [0.4, 0.5) is 11.6 Å². The van der Waals surface area contributed by atoms with Gasteiger partial charge in [0.15, 0.2) is 0 Å². The number of fused-ring (bicyclic) bond motifs is 2. The van der Waals surface area contributed by atoms with Crippen molar-refractivity contribution in [2.24, 2.45) is 0 Å². The number of benzene rings is 2. The number of likely N-dealkylation sites (tertiary alicyclic amines) is 2. The molecule has 4 aliphatic rings. The fourth-order valence-electron chi connectivity index (χ4n) is 9.71. The minimum Gasteiger partial charge on any atom is -0.496 e. The number of para-hydroxylation sites is 1. The molecule has 342 valence electrons. The molecule has 0 saturated carbocycles. The van der Waals surface area contributed by atoms with Crippen molar-refractivity contribution in [3.05, 3.63) is 112 Å². The molecule has 4 aromatic rings. The first-order valence-corrected chi connectivity index (χ1v) is 23.7. The number of ether oxygens (including phenoxy) is 4. The molecule has 2 saturated heterocycles. The Kier molecular flexibility index (Phi) is 15.8. The van der Waals surface area contributed by atoms with Gasteiger partial charge in [0.1, 0.15) is 35.6 Å². The third-order valence-corrected chi connectivity index (χ3v) is 13.2. The lowest BCUT2D eigenvalue weighted by molar-refractivity contribution is -0.155. The Hall–Kier alpha value is -5.08. The standard InChI is InChI=1S/C51H66N6O7/c1-3-35-14-6-7-18-43(35)46(50(58)59)57-33-42(34-57)63-29-12-10-17-39-24-22-37-30-41(31-53-49(37)55-39)64-51(60)47(44-19-8-9-20-45(44)61-2)56-27-25-40(32-56)62-28-11-4-5-16-38-23-21-36-15-13-26-52-48(36)54-38/h6-9,14,18-24,40-42,46-47H,3-5,10-13,15-17,25-34H2,1-2H3,(H,52,54)(H,53,55)(H,58,59)/t40-,41?,46-,47?/m1/s1. The number of aryl methyl sites for hydroxylation is 4. The normalized spacial score (nSPS) is 19.7. The van der Waals surface area contributed by atoms with Crippen LogP contribution in [0.5, 0.6) is 5.75 Å². The monoisotopic (exact) mass is 874 g/mol. The summed E-state index contributed by atoms with van der Waals surface area (Å²) in [4.78, 5) is 40.4. The first-order valence-electron chi connectivity index (χ1n) is 23.7. The molecule has 13 heteroatoms. The second kappa shape index (κ2) is 22.2. The minimum atomic E-state index is -0.816. The van der Waals surface area contributed by atoms with Gasteiger partial charge in [-0.3, -0.25) is 14.6 Å². The molecule has 64 heavy (non-hydrogen) atoms. The molecule has 0 aliphatic carbocycles. The number of carboxylic acids is 1. The summed E-state index contributed by atoms with van der Waals surface area (Å²) in [6.07, 6.45) is 11.1. The average molecular weight is 875 g/mol. The van der Waals surface area contributed by atoms with Gasteiger partial charge >= 0.3 is 11.9 Å². The van der Waals surface area contributed by atoms with Gasteiger partial charge in [-0.05, 0) is 105 Å². The van der Waals surface area contributed by atoms with Gasteiger partial charge in [-0.1, -0.05) is 67.9 Å². The first kappa shape index (κ1) is 45.5. The number of aromatic nitrogens is 2. The second-order valence-corrected chi connectivity index (χ2v) is 17.7. The van der Waals surface area contributed by atoms with E-state index in [1.807, 2.05) is 53.4 Å². The highest BCUT2D eigenvalue weighted by molar-refractivity contribution is 5.79. The molecular formula is C51H66N6O7. The van der Waals surface area contributed by atoms with Crippen LogP contribution in [0.3, 0.4) is 0 Å². The van der Waals surface area contributed by atoms with E-state index in [0.717, 1.165) is 123 Å². The highest BCUT2D eigenvalue weighted by Crippen LogP contribution is 2.35. The van der Waals surface area contributed by atoms with E-state index in [2.05, 4.69) is 46.7 Å². The zero-order chi connectivity index (χ0) is 44.3. The summed E-state index contributed by atoms with van der Waals surface area (Å²) in [5.41, 5.74) is 7.28. The molecule has 2 unspecified atom stereocenters. The van der Waals surface area contributed by atoms with Crippen LogP contribution < -0.4 is 15.4 Å². The Balaban J connectivity index is 0.763. The zero-order valence-corrected chi connectivity index (χ0v) is 37.6. The molecule has 4 atom stereocenters. The fraction of sp³-hybridized carbons (Fsp3) is 0.529. The predicted octanol–water partition coefficient (Wildman–Crippen LogP) is 7.38. The number of hydrogen-bond acceptors (Lipinski definition) is 12. The lowest BCUT2D eigenvalue weighted by atomic mass is 9.95.